The first kappa shape index (κ1) is 22.1. The molecule has 0 aliphatic heterocycles. The molecule has 164 valence electrons. The Morgan fingerprint density at radius 3 is 2.47 bits per heavy atom. The Labute approximate surface area is 193 Å². The molecule has 0 saturated heterocycles. The number of anilines is 1. The molecule has 0 fully saturated rings. The molecule has 0 aliphatic carbocycles. The number of phenols is 1. The topological polar surface area (TPSA) is 88.5 Å². The Bertz CT molecular complexity index is 1450. The number of aromatic nitrogens is 1. The molecule has 1 aromatic heterocycles. The van der Waals surface area contributed by atoms with Gasteiger partial charge >= 0.3 is 0 Å². The fraction of sp³-hybridized carbons (Fsp3) is 0.0455. The van der Waals surface area contributed by atoms with Crippen molar-refractivity contribution in [2.75, 3.05) is 4.72 Å². The first-order valence-corrected chi connectivity index (χ1v) is 11.4. The Hall–Kier alpha value is -3.07. The van der Waals surface area contributed by atoms with Gasteiger partial charge in [-0.15, -0.1) is 0 Å². The molecule has 0 bridgehead atoms. The molecule has 0 radical (unpaired) electrons. The lowest BCUT2D eigenvalue weighted by atomic mass is 10.2. The summed E-state index contributed by atoms with van der Waals surface area (Å²) in [6.07, 6.45) is 0. The van der Waals surface area contributed by atoms with Gasteiger partial charge in [-0.05, 0) is 61.5 Å². The van der Waals surface area contributed by atoms with Crippen molar-refractivity contribution >= 4 is 49.8 Å². The molecule has 0 saturated carbocycles. The zero-order chi connectivity index (χ0) is 23.0. The molecule has 4 rings (SSSR count). The van der Waals surface area contributed by atoms with E-state index in [4.69, 9.17) is 27.9 Å². The van der Waals surface area contributed by atoms with Crippen LogP contribution >= 0.6 is 23.2 Å². The zero-order valence-electron chi connectivity index (χ0n) is 16.4. The first-order valence-electron chi connectivity index (χ1n) is 9.18. The average Bonchev–Trinajstić information content (AvgIpc) is 2.72. The molecular weight excluding hydrogens is 478 g/mol. The second-order valence-corrected chi connectivity index (χ2v) is 9.38. The third-order valence-electron chi connectivity index (χ3n) is 4.48. The standard InChI is InChI=1S/C22H15Cl2FN2O4S/c1-12-8-20(17-11-14(25)2-7-19(17)26-12)31-16-5-3-15(4-6-16)27-32(29,30)21-10-13(23)9-18(24)22(21)28/h2-11,27-28H,1H3. The summed E-state index contributed by atoms with van der Waals surface area (Å²) < 4.78 is 47.3. The van der Waals surface area contributed by atoms with Gasteiger partial charge in [0.05, 0.1) is 10.5 Å². The van der Waals surface area contributed by atoms with Crippen LogP contribution in [0.5, 0.6) is 17.2 Å². The maximum atomic E-state index is 13.7. The van der Waals surface area contributed by atoms with Crippen LogP contribution in [0.1, 0.15) is 5.69 Å². The summed E-state index contributed by atoms with van der Waals surface area (Å²) in [5, 5.41) is 10.4. The van der Waals surface area contributed by atoms with E-state index in [2.05, 4.69) is 9.71 Å². The van der Waals surface area contributed by atoms with Crippen LogP contribution in [0.2, 0.25) is 10.0 Å². The Morgan fingerprint density at radius 1 is 1.03 bits per heavy atom. The van der Waals surface area contributed by atoms with E-state index in [1.54, 1.807) is 31.2 Å². The number of halogens is 3. The number of hydrogen-bond acceptors (Lipinski definition) is 5. The lowest BCUT2D eigenvalue weighted by Gasteiger charge is -2.13. The van der Waals surface area contributed by atoms with Crippen molar-refractivity contribution in [1.82, 2.24) is 4.98 Å². The number of pyridine rings is 1. The normalized spacial score (nSPS) is 11.5. The van der Waals surface area contributed by atoms with E-state index in [0.29, 0.717) is 28.1 Å². The molecule has 0 aliphatic rings. The van der Waals surface area contributed by atoms with Gasteiger partial charge in [-0.3, -0.25) is 9.71 Å². The van der Waals surface area contributed by atoms with Crippen molar-refractivity contribution in [2.45, 2.75) is 11.8 Å². The van der Waals surface area contributed by atoms with Gasteiger partial charge in [0.2, 0.25) is 0 Å². The van der Waals surface area contributed by atoms with Crippen molar-refractivity contribution in [3.63, 3.8) is 0 Å². The van der Waals surface area contributed by atoms with Gasteiger partial charge in [-0.2, -0.15) is 0 Å². The van der Waals surface area contributed by atoms with E-state index < -0.39 is 26.5 Å². The molecule has 32 heavy (non-hydrogen) atoms. The quantitative estimate of drug-likeness (QED) is 0.341. The van der Waals surface area contributed by atoms with Gasteiger partial charge < -0.3 is 9.84 Å². The molecule has 0 unspecified atom stereocenters. The van der Waals surface area contributed by atoms with E-state index in [0.717, 1.165) is 6.07 Å². The second-order valence-electron chi connectivity index (χ2n) is 6.89. The van der Waals surface area contributed by atoms with Crippen molar-refractivity contribution in [3.05, 3.63) is 82.2 Å². The maximum Gasteiger partial charge on any atom is 0.265 e. The minimum absolute atomic E-state index is 0.0632. The Kier molecular flexibility index (Phi) is 5.85. The molecule has 4 aromatic rings. The van der Waals surface area contributed by atoms with E-state index in [1.165, 1.54) is 30.3 Å². The third kappa shape index (κ3) is 4.57. The van der Waals surface area contributed by atoms with Crippen LogP contribution in [0, 0.1) is 12.7 Å². The van der Waals surface area contributed by atoms with E-state index in [1.807, 2.05) is 0 Å². The Morgan fingerprint density at radius 2 is 1.75 bits per heavy atom. The minimum atomic E-state index is -4.16. The number of sulfonamides is 1. The minimum Gasteiger partial charge on any atom is -0.505 e. The average molecular weight is 493 g/mol. The SMILES string of the molecule is Cc1cc(Oc2ccc(NS(=O)(=O)c3cc(Cl)cc(Cl)c3O)cc2)c2cc(F)ccc2n1. The summed E-state index contributed by atoms with van der Waals surface area (Å²) in [4.78, 5) is 3.91. The molecule has 10 heteroatoms. The van der Waals surface area contributed by atoms with Gasteiger partial charge in [-0.25, -0.2) is 12.8 Å². The fourth-order valence-electron chi connectivity index (χ4n) is 3.05. The lowest BCUT2D eigenvalue weighted by molar-refractivity contribution is 0.459. The van der Waals surface area contributed by atoms with Crippen LogP contribution < -0.4 is 9.46 Å². The molecule has 0 atom stereocenters. The number of phenolic OH excluding ortho intramolecular Hbond substituents is 1. The molecule has 1 heterocycles. The van der Waals surface area contributed by atoms with Crippen LogP contribution in [0.4, 0.5) is 10.1 Å². The van der Waals surface area contributed by atoms with Crippen LogP contribution in [-0.4, -0.2) is 18.5 Å². The maximum absolute atomic E-state index is 13.7. The number of nitrogens with one attached hydrogen (secondary N) is 1. The first-order chi connectivity index (χ1) is 15.1. The smallest absolute Gasteiger partial charge is 0.265 e. The van der Waals surface area contributed by atoms with Crippen molar-refractivity contribution in [1.29, 1.82) is 0 Å². The van der Waals surface area contributed by atoms with Crippen LogP contribution in [0.15, 0.2) is 65.6 Å². The number of aromatic hydroxyl groups is 1. The summed E-state index contributed by atoms with van der Waals surface area (Å²) in [5.74, 6) is -0.200. The lowest BCUT2D eigenvalue weighted by Crippen LogP contribution is -2.13. The third-order valence-corrected chi connectivity index (χ3v) is 6.38. The number of fused-ring (bicyclic) bond motifs is 1. The predicted molar refractivity (Wildman–Crippen MR) is 122 cm³/mol. The summed E-state index contributed by atoms with van der Waals surface area (Å²) in [5.41, 5.74) is 1.50. The van der Waals surface area contributed by atoms with Crippen LogP contribution in [0.3, 0.4) is 0 Å². The van der Waals surface area contributed by atoms with Crippen molar-refractivity contribution < 1.29 is 22.7 Å². The molecule has 3 aromatic carbocycles. The predicted octanol–water partition coefficient (Wildman–Crippen LogP) is 6.29. The van der Waals surface area contributed by atoms with Crippen molar-refractivity contribution in [2.24, 2.45) is 0 Å². The van der Waals surface area contributed by atoms with E-state index >= 15 is 0 Å². The monoisotopic (exact) mass is 492 g/mol. The summed E-state index contributed by atoms with van der Waals surface area (Å²) >= 11 is 11.7. The molecule has 0 spiro atoms. The number of benzene rings is 3. The Balaban J connectivity index is 1.60. The van der Waals surface area contributed by atoms with Gasteiger partial charge in [0.15, 0.2) is 5.75 Å². The van der Waals surface area contributed by atoms with Gasteiger partial charge in [0.25, 0.3) is 10.0 Å². The fourth-order valence-corrected chi connectivity index (χ4v) is 4.87. The van der Waals surface area contributed by atoms with Gasteiger partial charge in [-0.1, -0.05) is 23.2 Å². The van der Waals surface area contributed by atoms with Crippen LogP contribution in [0.25, 0.3) is 10.9 Å². The number of hydrogen-bond donors (Lipinski definition) is 2. The summed E-state index contributed by atoms with van der Waals surface area (Å²) in [6.45, 7) is 1.80. The van der Waals surface area contributed by atoms with Gasteiger partial charge in [0.1, 0.15) is 22.2 Å². The number of nitrogens with zero attached hydrogens (tertiary/aromatic N) is 1. The van der Waals surface area contributed by atoms with Crippen molar-refractivity contribution in [3.8, 4) is 17.2 Å². The second kappa shape index (κ2) is 8.46. The molecular formula is C22H15Cl2FN2O4S. The highest BCUT2D eigenvalue weighted by molar-refractivity contribution is 7.92. The molecule has 6 nitrogen and oxygen atoms in total. The summed E-state index contributed by atoms with van der Waals surface area (Å²) in [6, 6.07) is 14.3. The van der Waals surface area contributed by atoms with E-state index in [9.17, 15) is 17.9 Å². The number of rotatable bonds is 5. The number of aryl methyl sites for hydroxylation is 1. The highest BCUT2D eigenvalue weighted by atomic mass is 35.5. The largest absolute Gasteiger partial charge is 0.505 e. The zero-order valence-corrected chi connectivity index (χ0v) is 18.8. The molecule has 0 amide bonds. The van der Waals surface area contributed by atoms with Gasteiger partial charge in [0, 0.05) is 27.9 Å². The van der Waals surface area contributed by atoms with Crippen LogP contribution in [-0.2, 0) is 10.0 Å². The summed E-state index contributed by atoms with van der Waals surface area (Å²) in [7, 11) is -4.16. The molecule has 2 N–H and O–H groups in total. The highest BCUT2D eigenvalue weighted by Gasteiger charge is 2.22. The number of ether oxygens (including phenoxy) is 1. The van der Waals surface area contributed by atoms with E-state index in [-0.39, 0.29) is 15.7 Å². The highest BCUT2D eigenvalue weighted by Crippen LogP contribution is 2.35.